The van der Waals surface area contributed by atoms with Crippen LogP contribution in [0.1, 0.15) is 38.4 Å². The molecule has 156 valence electrons. The first-order valence-corrected chi connectivity index (χ1v) is 10.4. The average Bonchev–Trinajstić information content (AvgIpc) is 3.17. The molecule has 4 aromatic rings. The minimum atomic E-state index is -0.127. The molecule has 3 aromatic heterocycles. The highest BCUT2D eigenvalue weighted by atomic mass is 16.1. The van der Waals surface area contributed by atoms with Gasteiger partial charge < -0.3 is 5.32 Å². The third kappa shape index (κ3) is 3.92. The van der Waals surface area contributed by atoms with Crippen molar-refractivity contribution < 1.29 is 4.79 Å². The third-order valence-electron chi connectivity index (χ3n) is 5.74. The van der Waals surface area contributed by atoms with Crippen molar-refractivity contribution in [3.8, 4) is 0 Å². The standard InChI is InChI=1S/C24H24N6O/c1-16-11-17(2)30-23(27-16)21(13-26-30)15-29-10-7-18-3-4-22(12-20(18)14-29)28-24(31)19-5-8-25-9-6-19/h3-6,8-9,11-13H,7,10,14-15H2,1-2H3,(H,28,31). The summed E-state index contributed by atoms with van der Waals surface area (Å²) in [7, 11) is 0. The van der Waals surface area contributed by atoms with Gasteiger partial charge >= 0.3 is 0 Å². The summed E-state index contributed by atoms with van der Waals surface area (Å²) in [5.74, 6) is -0.127. The minimum absolute atomic E-state index is 0.127. The first-order valence-electron chi connectivity index (χ1n) is 10.4. The highest BCUT2D eigenvalue weighted by Gasteiger charge is 2.19. The molecule has 1 aliphatic rings. The number of carbonyl (C=O) groups is 1. The number of benzene rings is 1. The van der Waals surface area contributed by atoms with Gasteiger partial charge in [-0.05, 0) is 61.7 Å². The van der Waals surface area contributed by atoms with E-state index in [1.807, 2.05) is 29.8 Å². The maximum Gasteiger partial charge on any atom is 0.255 e. The van der Waals surface area contributed by atoms with E-state index in [1.54, 1.807) is 24.5 Å². The average molecular weight is 412 g/mol. The molecule has 7 heteroatoms. The fraction of sp³-hybridized carbons (Fsp3) is 0.250. The maximum absolute atomic E-state index is 12.5. The van der Waals surface area contributed by atoms with Gasteiger partial charge in [-0.2, -0.15) is 5.10 Å². The first-order chi connectivity index (χ1) is 15.1. The molecule has 31 heavy (non-hydrogen) atoms. The second-order valence-corrected chi connectivity index (χ2v) is 8.08. The Morgan fingerprint density at radius 2 is 1.94 bits per heavy atom. The summed E-state index contributed by atoms with van der Waals surface area (Å²) in [4.78, 5) is 23.5. The number of pyridine rings is 1. The molecule has 1 aliphatic heterocycles. The van der Waals surface area contributed by atoms with E-state index in [4.69, 9.17) is 4.98 Å². The molecule has 0 saturated heterocycles. The van der Waals surface area contributed by atoms with Crippen molar-refractivity contribution in [1.82, 2.24) is 24.5 Å². The number of anilines is 1. The topological polar surface area (TPSA) is 75.4 Å². The van der Waals surface area contributed by atoms with Crippen molar-refractivity contribution in [2.75, 3.05) is 11.9 Å². The number of rotatable bonds is 4. The van der Waals surface area contributed by atoms with Crippen molar-refractivity contribution in [3.63, 3.8) is 0 Å². The Morgan fingerprint density at radius 1 is 1.10 bits per heavy atom. The van der Waals surface area contributed by atoms with E-state index in [1.165, 1.54) is 11.1 Å². The number of hydrogen-bond donors (Lipinski definition) is 1. The number of hydrogen-bond acceptors (Lipinski definition) is 5. The van der Waals surface area contributed by atoms with Crippen LogP contribution in [0.2, 0.25) is 0 Å². The van der Waals surface area contributed by atoms with Crippen LogP contribution in [0.15, 0.2) is 55.0 Å². The largest absolute Gasteiger partial charge is 0.322 e. The zero-order chi connectivity index (χ0) is 21.4. The van der Waals surface area contributed by atoms with Crippen LogP contribution < -0.4 is 5.32 Å². The van der Waals surface area contributed by atoms with Crippen molar-refractivity contribution in [2.45, 2.75) is 33.4 Å². The van der Waals surface area contributed by atoms with Crippen LogP contribution in [-0.2, 0) is 19.5 Å². The second kappa shape index (κ2) is 7.92. The molecule has 0 bridgehead atoms. The molecule has 0 aliphatic carbocycles. The Hall–Kier alpha value is -3.58. The zero-order valence-corrected chi connectivity index (χ0v) is 17.7. The van der Waals surface area contributed by atoms with E-state index in [9.17, 15) is 4.79 Å². The number of carbonyl (C=O) groups excluding carboxylic acids is 1. The van der Waals surface area contributed by atoms with Gasteiger partial charge in [0.1, 0.15) is 0 Å². The van der Waals surface area contributed by atoms with Gasteiger partial charge in [0.25, 0.3) is 5.91 Å². The molecule has 0 atom stereocenters. The SMILES string of the molecule is Cc1cc(C)n2ncc(CN3CCc4ccc(NC(=O)c5ccncc5)cc4C3)c2n1. The Balaban J connectivity index is 1.33. The Bertz CT molecular complexity index is 1260. The van der Waals surface area contributed by atoms with E-state index in [-0.39, 0.29) is 5.91 Å². The van der Waals surface area contributed by atoms with E-state index in [0.717, 1.165) is 54.3 Å². The lowest BCUT2D eigenvalue weighted by Gasteiger charge is -2.28. The summed E-state index contributed by atoms with van der Waals surface area (Å²) in [6.45, 7) is 6.68. The maximum atomic E-state index is 12.5. The van der Waals surface area contributed by atoms with Crippen molar-refractivity contribution in [2.24, 2.45) is 0 Å². The summed E-state index contributed by atoms with van der Waals surface area (Å²) in [5, 5.41) is 7.52. The summed E-state index contributed by atoms with van der Waals surface area (Å²) in [6, 6.07) is 11.7. The molecule has 4 heterocycles. The van der Waals surface area contributed by atoms with Crippen LogP contribution in [0.3, 0.4) is 0 Å². The van der Waals surface area contributed by atoms with E-state index < -0.39 is 0 Å². The molecular weight excluding hydrogens is 388 g/mol. The molecule has 0 saturated carbocycles. The quantitative estimate of drug-likeness (QED) is 0.555. The van der Waals surface area contributed by atoms with Crippen molar-refractivity contribution in [3.05, 3.63) is 88.6 Å². The van der Waals surface area contributed by atoms with Gasteiger partial charge in [-0.25, -0.2) is 9.50 Å². The summed E-state index contributed by atoms with van der Waals surface area (Å²) in [5.41, 5.74) is 8.15. The molecule has 0 unspecified atom stereocenters. The number of nitrogens with zero attached hydrogens (tertiary/aromatic N) is 5. The number of aryl methyl sites for hydroxylation is 2. The third-order valence-corrected chi connectivity index (χ3v) is 5.74. The summed E-state index contributed by atoms with van der Waals surface area (Å²) < 4.78 is 1.91. The monoisotopic (exact) mass is 412 g/mol. The van der Waals surface area contributed by atoms with E-state index >= 15 is 0 Å². The van der Waals surface area contributed by atoms with Crippen LogP contribution in [0.4, 0.5) is 5.69 Å². The lowest BCUT2D eigenvalue weighted by molar-refractivity contribution is 0.102. The van der Waals surface area contributed by atoms with Crippen LogP contribution in [0, 0.1) is 13.8 Å². The Kier molecular flexibility index (Phi) is 4.95. The Morgan fingerprint density at radius 3 is 2.77 bits per heavy atom. The number of nitrogens with one attached hydrogen (secondary N) is 1. The molecule has 7 nitrogen and oxygen atoms in total. The minimum Gasteiger partial charge on any atom is -0.322 e. The van der Waals surface area contributed by atoms with Crippen molar-refractivity contribution in [1.29, 1.82) is 0 Å². The van der Waals surface area contributed by atoms with Crippen LogP contribution in [-0.4, -0.2) is 36.9 Å². The highest BCUT2D eigenvalue weighted by Crippen LogP contribution is 2.25. The second-order valence-electron chi connectivity index (χ2n) is 8.08. The smallest absolute Gasteiger partial charge is 0.255 e. The predicted octanol–water partition coefficient (Wildman–Crippen LogP) is 3.55. The fourth-order valence-corrected chi connectivity index (χ4v) is 4.20. The molecule has 0 radical (unpaired) electrons. The lowest BCUT2D eigenvalue weighted by atomic mass is 9.98. The molecule has 1 aromatic carbocycles. The van der Waals surface area contributed by atoms with Gasteiger partial charge in [0.2, 0.25) is 0 Å². The van der Waals surface area contributed by atoms with Gasteiger partial charge in [0.15, 0.2) is 5.65 Å². The molecule has 0 fully saturated rings. The normalized spacial score (nSPS) is 13.9. The zero-order valence-electron chi connectivity index (χ0n) is 17.7. The van der Waals surface area contributed by atoms with Crippen molar-refractivity contribution >= 4 is 17.2 Å². The van der Waals surface area contributed by atoms with Crippen LogP contribution >= 0.6 is 0 Å². The first kappa shape index (κ1) is 19.4. The molecule has 1 N–H and O–H groups in total. The predicted molar refractivity (Wildman–Crippen MR) is 119 cm³/mol. The molecular formula is C24H24N6O. The molecule has 5 rings (SSSR count). The van der Waals surface area contributed by atoms with Gasteiger partial charge in [0, 0.05) is 60.2 Å². The van der Waals surface area contributed by atoms with Gasteiger partial charge in [-0.3, -0.25) is 14.7 Å². The Labute approximate surface area is 180 Å². The summed E-state index contributed by atoms with van der Waals surface area (Å²) >= 11 is 0. The number of fused-ring (bicyclic) bond motifs is 2. The van der Waals surface area contributed by atoms with Crippen LogP contribution in [0.25, 0.3) is 5.65 Å². The van der Waals surface area contributed by atoms with E-state index in [0.29, 0.717) is 5.56 Å². The summed E-state index contributed by atoms with van der Waals surface area (Å²) in [6.07, 6.45) is 6.16. The van der Waals surface area contributed by atoms with Gasteiger partial charge in [-0.1, -0.05) is 6.07 Å². The highest BCUT2D eigenvalue weighted by molar-refractivity contribution is 6.04. The molecule has 1 amide bonds. The van der Waals surface area contributed by atoms with Crippen LogP contribution in [0.5, 0.6) is 0 Å². The fourth-order valence-electron chi connectivity index (χ4n) is 4.20. The van der Waals surface area contributed by atoms with E-state index in [2.05, 4.69) is 39.4 Å². The number of aromatic nitrogens is 4. The van der Waals surface area contributed by atoms with Gasteiger partial charge in [-0.15, -0.1) is 0 Å². The number of amides is 1. The lowest BCUT2D eigenvalue weighted by Crippen LogP contribution is -2.30. The molecule has 0 spiro atoms. The van der Waals surface area contributed by atoms with Gasteiger partial charge in [0.05, 0.1) is 6.20 Å².